The maximum atomic E-state index is 4.38. The lowest BCUT2D eigenvalue weighted by Crippen LogP contribution is -2.22. The van der Waals surface area contributed by atoms with Gasteiger partial charge in [-0.05, 0) is 50.6 Å². The zero-order valence-corrected chi connectivity index (χ0v) is 13.2. The molecule has 1 N–H and O–H groups in total. The summed E-state index contributed by atoms with van der Waals surface area (Å²) < 4.78 is 0. The number of nitrogens with zero attached hydrogens (tertiary/aromatic N) is 2. The van der Waals surface area contributed by atoms with E-state index < -0.39 is 0 Å². The van der Waals surface area contributed by atoms with E-state index in [2.05, 4.69) is 66.3 Å². The number of rotatable bonds is 7. The van der Waals surface area contributed by atoms with Crippen LogP contribution in [0.3, 0.4) is 0 Å². The number of anilines is 1. The molecule has 0 saturated heterocycles. The molecule has 0 spiro atoms. The Labute approximate surface area is 128 Å². The summed E-state index contributed by atoms with van der Waals surface area (Å²) in [5, 5.41) is 3.52. The minimum Gasteiger partial charge on any atom is -0.372 e. The highest BCUT2D eigenvalue weighted by molar-refractivity contribution is 5.47. The quantitative estimate of drug-likeness (QED) is 0.838. The molecule has 0 radical (unpaired) electrons. The largest absolute Gasteiger partial charge is 0.372 e. The molecular formula is C18H25N3. The smallest absolute Gasteiger partial charge is 0.0570 e. The second-order valence-corrected chi connectivity index (χ2v) is 5.20. The van der Waals surface area contributed by atoms with Crippen LogP contribution in [0.2, 0.25) is 0 Å². The van der Waals surface area contributed by atoms with E-state index in [0.717, 1.165) is 25.3 Å². The van der Waals surface area contributed by atoms with Gasteiger partial charge in [0.15, 0.2) is 0 Å². The van der Waals surface area contributed by atoms with Gasteiger partial charge in [-0.25, -0.2) is 0 Å². The van der Waals surface area contributed by atoms with E-state index in [1.54, 1.807) is 0 Å². The van der Waals surface area contributed by atoms with Crippen LogP contribution in [0, 0.1) is 0 Å². The highest BCUT2D eigenvalue weighted by Gasteiger charge is 2.06. The van der Waals surface area contributed by atoms with Gasteiger partial charge in [-0.15, -0.1) is 0 Å². The number of nitrogens with one attached hydrogen (secondary N) is 1. The Balaban J connectivity index is 1.92. The van der Waals surface area contributed by atoms with Crippen LogP contribution in [0.4, 0.5) is 5.69 Å². The van der Waals surface area contributed by atoms with E-state index in [0.29, 0.717) is 0 Å². The Hall–Kier alpha value is -1.87. The van der Waals surface area contributed by atoms with Gasteiger partial charge in [-0.3, -0.25) is 4.98 Å². The van der Waals surface area contributed by atoms with Crippen molar-refractivity contribution < 1.29 is 0 Å². The van der Waals surface area contributed by atoms with E-state index in [-0.39, 0.29) is 6.04 Å². The third-order valence-electron chi connectivity index (χ3n) is 3.81. The van der Waals surface area contributed by atoms with Crippen molar-refractivity contribution in [1.82, 2.24) is 10.3 Å². The van der Waals surface area contributed by atoms with Gasteiger partial charge < -0.3 is 10.2 Å². The fourth-order valence-corrected chi connectivity index (χ4v) is 2.42. The third kappa shape index (κ3) is 4.30. The predicted octanol–water partition coefficient (Wildman–Crippen LogP) is 3.78. The molecule has 0 fully saturated rings. The molecule has 1 atom stereocenters. The first-order valence-electron chi connectivity index (χ1n) is 7.72. The maximum Gasteiger partial charge on any atom is 0.0570 e. The summed E-state index contributed by atoms with van der Waals surface area (Å²) in [4.78, 5) is 6.74. The topological polar surface area (TPSA) is 28.2 Å². The minimum atomic E-state index is 0.258. The Morgan fingerprint density at radius 3 is 2.33 bits per heavy atom. The number of benzene rings is 1. The molecule has 21 heavy (non-hydrogen) atoms. The fraction of sp³-hybridized carbons (Fsp3) is 0.389. The van der Waals surface area contributed by atoms with Crippen molar-refractivity contribution in [2.75, 3.05) is 18.0 Å². The number of pyridine rings is 1. The van der Waals surface area contributed by atoms with Crippen molar-refractivity contribution in [3.8, 4) is 0 Å². The Morgan fingerprint density at radius 1 is 1.05 bits per heavy atom. The monoisotopic (exact) mass is 283 g/mol. The predicted molar refractivity (Wildman–Crippen MR) is 89.5 cm³/mol. The summed E-state index contributed by atoms with van der Waals surface area (Å²) in [6.45, 7) is 9.47. The molecule has 1 heterocycles. The first-order valence-corrected chi connectivity index (χ1v) is 7.72. The second-order valence-electron chi connectivity index (χ2n) is 5.20. The zero-order chi connectivity index (χ0) is 15.1. The fourth-order valence-electron chi connectivity index (χ4n) is 2.42. The summed E-state index contributed by atoms with van der Waals surface area (Å²) in [5.74, 6) is 0. The van der Waals surface area contributed by atoms with Crippen LogP contribution in [0.25, 0.3) is 0 Å². The van der Waals surface area contributed by atoms with Crippen LogP contribution in [-0.4, -0.2) is 18.1 Å². The number of hydrogen-bond donors (Lipinski definition) is 1. The molecular weight excluding hydrogens is 258 g/mol. The normalized spacial score (nSPS) is 12.1. The van der Waals surface area contributed by atoms with Gasteiger partial charge in [0.1, 0.15) is 0 Å². The standard InChI is InChI=1S/C18H25N3/c1-4-21(5-2)17-11-9-16(10-12-17)14-20-15(3)18-8-6-7-13-19-18/h6-13,15,20H,4-5,14H2,1-3H3/t15-/m0/s1. The molecule has 0 aliphatic heterocycles. The average molecular weight is 283 g/mol. The Morgan fingerprint density at radius 2 is 1.76 bits per heavy atom. The van der Waals surface area contributed by atoms with Gasteiger partial charge in [0.05, 0.1) is 5.69 Å². The van der Waals surface area contributed by atoms with Crippen LogP contribution >= 0.6 is 0 Å². The number of aromatic nitrogens is 1. The minimum absolute atomic E-state index is 0.258. The molecule has 2 rings (SSSR count). The Kier molecular flexibility index (Phi) is 5.76. The summed E-state index contributed by atoms with van der Waals surface area (Å²) >= 11 is 0. The molecule has 0 amide bonds. The van der Waals surface area contributed by atoms with Crippen LogP contribution < -0.4 is 10.2 Å². The molecule has 112 valence electrons. The van der Waals surface area contributed by atoms with E-state index >= 15 is 0 Å². The van der Waals surface area contributed by atoms with Gasteiger partial charge in [0.25, 0.3) is 0 Å². The van der Waals surface area contributed by atoms with Gasteiger partial charge in [0, 0.05) is 37.6 Å². The van der Waals surface area contributed by atoms with Crippen LogP contribution in [0.5, 0.6) is 0 Å². The summed E-state index contributed by atoms with van der Waals surface area (Å²) in [5.41, 5.74) is 3.67. The highest BCUT2D eigenvalue weighted by Crippen LogP contribution is 2.16. The van der Waals surface area contributed by atoms with Gasteiger partial charge in [-0.2, -0.15) is 0 Å². The second kappa shape index (κ2) is 7.79. The van der Waals surface area contributed by atoms with Gasteiger partial charge in [0.2, 0.25) is 0 Å². The molecule has 2 aromatic rings. The lowest BCUT2D eigenvalue weighted by atomic mass is 10.1. The van der Waals surface area contributed by atoms with Crippen molar-refractivity contribution in [2.45, 2.75) is 33.4 Å². The molecule has 3 nitrogen and oxygen atoms in total. The highest BCUT2D eigenvalue weighted by atomic mass is 15.1. The summed E-state index contributed by atoms with van der Waals surface area (Å²) in [7, 11) is 0. The van der Waals surface area contributed by atoms with Crippen LogP contribution in [-0.2, 0) is 6.54 Å². The molecule has 1 aromatic carbocycles. The van der Waals surface area contributed by atoms with Crippen molar-refractivity contribution >= 4 is 5.69 Å². The average Bonchev–Trinajstić information content (AvgIpc) is 2.55. The van der Waals surface area contributed by atoms with Crippen LogP contribution in [0.1, 0.15) is 38.1 Å². The molecule has 3 heteroatoms. The molecule has 0 aliphatic rings. The van der Waals surface area contributed by atoms with Crippen molar-refractivity contribution in [3.63, 3.8) is 0 Å². The first-order chi connectivity index (χ1) is 10.2. The van der Waals surface area contributed by atoms with Crippen LogP contribution in [0.15, 0.2) is 48.7 Å². The zero-order valence-electron chi connectivity index (χ0n) is 13.2. The Bertz CT molecular complexity index is 518. The first kappa shape index (κ1) is 15.5. The molecule has 1 aromatic heterocycles. The van der Waals surface area contributed by atoms with E-state index in [4.69, 9.17) is 0 Å². The third-order valence-corrected chi connectivity index (χ3v) is 3.81. The SMILES string of the molecule is CCN(CC)c1ccc(CN[C@@H](C)c2ccccn2)cc1. The maximum absolute atomic E-state index is 4.38. The van der Waals surface area contributed by atoms with E-state index in [1.165, 1.54) is 11.3 Å². The summed E-state index contributed by atoms with van der Waals surface area (Å²) in [6, 6.07) is 15.1. The molecule has 0 bridgehead atoms. The molecule has 0 unspecified atom stereocenters. The van der Waals surface area contributed by atoms with Crippen molar-refractivity contribution in [3.05, 3.63) is 59.9 Å². The number of hydrogen-bond acceptors (Lipinski definition) is 3. The van der Waals surface area contributed by atoms with E-state index in [1.807, 2.05) is 18.3 Å². The van der Waals surface area contributed by atoms with Crippen molar-refractivity contribution in [1.29, 1.82) is 0 Å². The lowest BCUT2D eigenvalue weighted by Gasteiger charge is -2.21. The van der Waals surface area contributed by atoms with E-state index in [9.17, 15) is 0 Å². The van der Waals surface area contributed by atoms with Crippen molar-refractivity contribution in [2.24, 2.45) is 0 Å². The summed E-state index contributed by atoms with van der Waals surface area (Å²) in [6.07, 6.45) is 1.84. The molecule has 0 aliphatic carbocycles. The lowest BCUT2D eigenvalue weighted by molar-refractivity contribution is 0.561. The van der Waals surface area contributed by atoms with Gasteiger partial charge >= 0.3 is 0 Å². The molecule has 0 saturated carbocycles. The van der Waals surface area contributed by atoms with Gasteiger partial charge in [-0.1, -0.05) is 18.2 Å².